The van der Waals surface area contributed by atoms with E-state index in [1.165, 1.54) is 18.6 Å². The molecule has 152 valence electrons. The Morgan fingerprint density at radius 2 is 1.86 bits per heavy atom. The van der Waals surface area contributed by atoms with Gasteiger partial charge in [0, 0.05) is 42.8 Å². The van der Waals surface area contributed by atoms with Crippen LogP contribution in [0.1, 0.15) is 59.5 Å². The van der Waals surface area contributed by atoms with Gasteiger partial charge in [0.05, 0.1) is 16.3 Å². The third-order valence-electron chi connectivity index (χ3n) is 5.56. The molecular weight excluding hydrogens is 372 g/mol. The Hall–Kier alpha value is -3.16. The lowest BCUT2D eigenvalue weighted by atomic mass is 9.93. The number of hydrazone groups is 1. The molecule has 0 unspecified atom stereocenters. The van der Waals surface area contributed by atoms with E-state index in [-0.39, 0.29) is 11.6 Å². The molecule has 1 amide bonds. The highest BCUT2D eigenvalue weighted by molar-refractivity contribution is 6.06. The van der Waals surface area contributed by atoms with Gasteiger partial charge in [0.2, 0.25) is 0 Å². The predicted molar refractivity (Wildman–Crippen MR) is 109 cm³/mol. The number of benzene rings is 1. The first-order valence-electron chi connectivity index (χ1n) is 10.0. The lowest BCUT2D eigenvalue weighted by molar-refractivity contribution is -0.384. The summed E-state index contributed by atoms with van der Waals surface area (Å²) >= 11 is 0. The van der Waals surface area contributed by atoms with Gasteiger partial charge in [-0.25, -0.2) is 0 Å². The molecule has 1 aromatic carbocycles. The van der Waals surface area contributed by atoms with Gasteiger partial charge in [-0.3, -0.25) is 20.3 Å². The zero-order valence-electron chi connectivity index (χ0n) is 16.4. The fourth-order valence-electron chi connectivity index (χ4n) is 4.01. The number of nitrogens with one attached hydrogen (secondary N) is 1. The van der Waals surface area contributed by atoms with E-state index < -0.39 is 4.92 Å². The van der Waals surface area contributed by atoms with Gasteiger partial charge < -0.3 is 9.32 Å². The molecule has 1 aromatic heterocycles. The number of hydrogen-bond acceptors (Lipinski definition) is 6. The first kappa shape index (κ1) is 19.2. The summed E-state index contributed by atoms with van der Waals surface area (Å²) in [5.41, 5.74) is 6.30. The number of non-ortho nitro benzene ring substituents is 1. The van der Waals surface area contributed by atoms with Crippen LogP contribution in [-0.4, -0.2) is 34.5 Å². The number of nitrogens with zero attached hydrogens (tertiary/aromatic N) is 3. The molecule has 8 nitrogen and oxygen atoms in total. The van der Waals surface area contributed by atoms with Crippen LogP contribution < -0.4 is 5.43 Å². The lowest BCUT2D eigenvalue weighted by Crippen LogP contribution is -2.35. The smallest absolute Gasteiger partial charge is 0.289 e. The highest BCUT2D eigenvalue weighted by Crippen LogP contribution is 2.31. The third kappa shape index (κ3) is 3.87. The van der Waals surface area contributed by atoms with Gasteiger partial charge in [-0.1, -0.05) is 0 Å². The highest BCUT2D eigenvalue weighted by atomic mass is 16.6. The first-order valence-corrected chi connectivity index (χ1v) is 10.0. The Morgan fingerprint density at radius 3 is 2.55 bits per heavy atom. The van der Waals surface area contributed by atoms with Gasteiger partial charge in [0.15, 0.2) is 5.76 Å². The van der Waals surface area contributed by atoms with E-state index in [1.807, 2.05) is 11.8 Å². The number of anilines is 1. The second-order valence-electron chi connectivity index (χ2n) is 7.54. The predicted octanol–water partition coefficient (Wildman–Crippen LogP) is 4.27. The van der Waals surface area contributed by atoms with E-state index in [0.29, 0.717) is 11.4 Å². The van der Waals surface area contributed by atoms with Crippen molar-refractivity contribution in [2.75, 3.05) is 18.5 Å². The fourth-order valence-corrected chi connectivity index (χ4v) is 4.01. The van der Waals surface area contributed by atoms with Gasteiger partial charge >= 0.3 is 0 Å². The summed E-state index contributed by atoms with van der Waals surface area (Å²) in [6, 6.07) is 6.12. The van der Waals surface area contributed by atoms with E-state index in [2.05, 4.69) is 10.5 Å². The van der Waals surface area contributed by atoms with Gasteiger partial charge in [-0.15, -0.1) is 0 Å². The highest BCUT2D eigenvalue weighted by Gasteiger charge is 2.30. The second-order valence-corrected chi connectivity index (χ2v) is 7.54. The number of hydrogen-bond donors (Lipinski definition) is 1. The van der Waals surface area contributed by atoms with Crippen molar-refractivity contribution in [2.24, 2.45) is 5.10 Å². The maximum atomic E-state index is 12.9. The number of furan rings is 1. The van der Waals surface area contributed by atoms with E-state index in [0.717, 1.165) is 67.8 Å². The van der Waals surface area contributed by atoms with Gasteiger partial charge in [0.25, 0.3) is 11.6 Å². The molecule has 2 aromatic rings. The Kier molecular flexibility index (Phi) is 5.33. The average Bonchev–Trinajstić information content (AvgIpc) is 3.10. The molecule has 0 saturated carbocycles. The number of fused-ring (bicyclic) bond motifs is 1. The summed E-state index contributed by atoms with van der Waals surface area (Å²) < 4.78 is 6.00. The normalized spacial score (nSPS) is 17.8. The zero-order valence-corrected chi connectivity index (χ0v) is 16.4. The topological polar surface area (TPSA) is 101 Å². The molecule has 8 heteroatoms. The first-order chi connectivity index (χ1) is 14.0. The summed E-state index contributed by atoms with van der Waals surface area (Å²) in [6.07, 6.45) is 5.72. The minimum Gasteiger partial charge on any atom is -0.455 e. The maximum Gasteiger partial charge on any atom is 0.289 e. The Balaban J connectivity index is 1.57. The Morgan fingerprint density at radius 1 is 1.14 bits per heavy atom. The van der Waals surface area contributed by atoms with Gasteiger partial charge in [-0.05, 0) is 51.2 Å². The number of carbonyl (C=O) groups excluding carboxylic acids is 1. The van der Waals surface area contributed by atoms with Crippen LogP contribution in [0, 0.1) is 17.0 Å². The fraction of sp³-hybridized carbons (Fsp3) is 0.429. The molecule has 1 fully saturated rings. The number of piperidine rings is 1. The average molecular weight is 396 g/mol. The van der Waals surface area contributed by atoms with Crippen molar-refractivity contribution in [3.05, 3.63) is 57.0 Å². The van der Waals surface area contributed by atoms with Crippen LogP contribution in [0.5, 0.6) is 0 Å². The molecule has 0 atom stereocenters. The largest absolute Gasteiger partial charge is 0.455 e. The van der Waals surface area contributed by atoms with E-state index in [1.54, 1.807) is 12.1 Å². The number of nitro benzene ring substituents is 1. The summed E-state index contributed by atoms with van der Waals surface area (Å²) in [7, 11) is 0. The molecule has 2 heterocycles. The van der Waals surface area contributed by atoms with Crippen molar-refractivity contribution in [3.8, 4) is 0 Å². The standard InChI is InChI=1S/C21H24N4O4/c1-14-19-17(23-22-15-8-10-16(11-9-15)25(27)28)6-5-7-18(19)29-20(14)21(26)24-12-3-2-4-13-24/h8-11,22H,2-7,12-13H2,1H3/b23-17+. The van der Waals surface area contributed by atoms with Crippen LogP contribution in [0.15, 0.2) is 33.8 Å². The van der Waals surface area contributed by atoms with Gasteiger partial charge in [-0.2, -0.15) is 5.10 Å². The monoisotopic (exact) mass is 396 g/mol. The van der Waals surface area contributed by atoms with Crippen molar-refractivity contribution in [1.82, 2.24) is 4.90 Å². The summed E-state index contributed by atoms with van der Waals surface area (Å²) in [5, 5.41) is 15.3. The van der Waals surface area contributed by atoms with Crippen molar-refractivity contribution in [3.63, 3.8) is 0 Å². The number of nitro groups is 1. The molecule has 1 saturated heterocycles. The van der Waals surface area contributed by atoms with Crippen LogP contribution in [-0.2, 0) is 6.42 Å². The number of likely N-dealkylation sites (tertiary alicyclic amines) is 1. The molecule has 2 aliphatic rings. The molecule has 29 heavy (non-hydrogen) atoms. The van der Waals surface area contributed by atoms with E-state index >= 15 is 0 Å². The zero-order chi connectivity index (χ0) is 20.4. The van der Waals surface area contributed by atoms with Crippen LogP contribution in [0.4, 0.5) is 11.4 Å². The van der Waals surface area contributed by atoms with Crippen LogP contribution >= 0.6 is 0 Å². The summed E-state index contributed by atoms with van der Waals surface area (Å²) in [5.74, 6) is 1.22. The Bertz CT molecular complexity index is 956. The summed E-state index contributed by atoms with van der Waals surface area (Å²) in [6.45, 7) is 3.49. The van der Waals surface area contributed by atoms with Crippen LogP contribution in [0.25, 0.3) is 0 Å². The van der Waals surface area contributed by atoms with Crippen LogP contribution in [0.3, 0.4) is 0 Å². The molecule has 0 spiro atoms. The molecule has 4 rings (SSSR count). The minimum absolute atomic E-state index is 0.0284. The number of amides is 1. The van der Waals surface area contributed by atoms with Crippen LogP contribution in [0.2, 0.25) is 0 Å². The van der Waals surface area contributed by atoms with Crippen molar-refractivity contribution < 1.29 is 14.1 Å². The Labute approximate surface area is 168 Å². The quantitative estimate of drug-likeness (QED) is 0.614. The van der Waals surface area contributed by atoms with Crippen molar-refractivity contribution in [2.45, 2.75) is 45.4 Å². The third-order valence-corrected chi connectivity index (χ3v) is 5.56. The maximum absolute atomic E-state index is 12.9. The molecule has 0 radical (unpaired) electrons. The van der Waals surface area contributed by atoms with Crippen molar-refractivity contribution in [1.29, 1.82) is 0 Å². The molecule has 0 bridgehead atoms. The van der Waals surface area contributed by atoms with E-state index in [9.17, 15) is 14.9 Å². The molecule has 1 N–H and O–H groups in total. The van der Waals surface area contributed by atoms with Crippen molar-refractivity contribution >= 4 is 23.0 Å². The minimum atomic E-state index is -0.432. The summed E-state index contributed by atoms with van der Waals surface area (Å²) in [4.78, 5) is 25.2. The SMILES string of the molecule is Cc1c(C(=O)N2CCCCC2)oc2c1/C(=N/Nc1ccc([N+](=O)[O-])cc1)CCC2. The van der Waals surface area contributed by atoms with E-state index in [4.69, 9.17) is 4.42 Å². The lowest BCUT2D eigenvalue weighted by Gasteiger charge is -2.25. The number of rotatable bonds is 4. The second kappa shape index (κ2) is 8.06. The van der Waals surface area contributed by atoms with Gasteiger partial charge in [0.1, 0.15) is 5.76 Å². The molecular formula is C21H24N4O4. The number of carbonyl (C=O) groups is 1. The molecule has 1 aliphatic carbocycles. The number of aryl methyl sites for hydroxylation is 1. The molecule has 1 aliphatic heterocycles.